The minimum absolute atomic E-state index is 0.0143. The summed E-state index contributed by atoms with van der Waals surface area (Å²) in [5.74, 6) is -0.991. The third-order valence-corrected chi connectivity index (χ3v) is 8.45. The molecule has 0 bridgehead atoms. The molecule has 1 aliphatic heterocycles. The first-order valence-electron chi connectivity index (χ1n) is 10.5. The molecule has 4 rings (SSSR count). The number of nitrogens with two attached hydrogens (primary N) is 1. The van der Waals surface area contributed by atoms with Crippen molar-refractivity contribution in [3.05, 3.63) is 95.3 Å². The first-order chi connectivity index (χ1) is 15.3. The third kappa shape index (κ3) is 4.31. The van der Waals surface area contributed by atoms with Crippen LogP contribution in [0, 0.1) is 5.82 Å². The Morgan fingerprint density at radius 3 is 2.28 bits per heavy atom. The fourth-order valence-electron chi connectivity index (χ4n) is 4.20. The molecule has 1 aliphatic rings. The van der Waals surface area contributed by atoms with Crippen LogP contribution in [0.25, 0.3) is 11.1 Å². The van der Waals surface area contributed by atoms with Gasteiger partial charge in [0, 0.05) is 23.7 Å². The summed E-state index contributed by atoms with van der Waals surface area (Å²) in [6.45, 7) is 1.85. The van der Waals surface area contributed by atoms with E-state index in [-0.39, 0.29) is 12.6 Å². The summed E-state index contributed by atoms with van der Waals surface area (Å²) >= 11 is 0. The lowest BCUT2D eigenvalue weighted by Gasteiger charge is -2.37. The number of rotatable bonds is 5. The number of sulfonamides is 1. The molecule has 2 N–H and O–H groups in total. The molecule has 166 valence electrons. The van der Waals surface area contributed by atoms with Crippen molar-refractivity contribution in [2.45, 2.75) is 37.6 Å². The van der Waals surface area contributed by atoms with Gasteiger partial charge in [-0.3, -0.25) is 4.79 Å². The monoisotopic (exact) mass is 452 g/mol. The molecule has 2 atom stereocenters. The molecule has 7 heteroatoms. The van der Waals surface area contributed by atoms with Crippen molar-refractivity contribution in [3.63, 3.8) is 0 Å². The van der Waals surface area contributed by atoms with Crippen LogP contribution in [-0.2, 0) is 16.6 Å². The Bertz CT molecular complexity index is 1230. The topological polar surface area (TPSA) is 80.5 Å². The van der Waals surface area contributed by atoms with Crippen LogP contribution in [0.4, 0.5) is 4.39 Å². The molecule has 0 radical (unpaired) electrons. The summed E-state index contributed by atoms with van der Waals surface area (Å²) in [4.78, 5) is 11.2. The highest BCUT2D eigenvalue weighted by Crippen LogP contribution is 2.38. The standard InChI is InChI=1S/C25H25FN2O3S/c1-17-7-14-24(19-5-3-2-4-6-19)32(30,31)28(17)16-22-13-12-21(15-23(22)26)18-8-10-20(11-9-18)25(27)29/h2-6,8-13,15,17,24H,7,14,16H2,1H3,(H2,27,29). The number of carbonyl (C=O) groups excluding carboxylic acids is 1. The van der Waals surface area contributed by atoms with Gasteiger partial charge in [0.1, 0.15) is 11.1 Å². The van der Waals surface area contributed by atoms with Crippen molar-refractivity contribution in [2.24, 2.45) is 5.73 Å². The van der Waals surface area contributed by atoms with E-state index in [2.05, 4.69) is 0 Å². The largest absolute Gasteiger partial charge is 0.366 e. The molecule has 1 amide bonds. The molecule has 32 heavy (non-hydrogen) atoms. The normalized spacial score (nSPS) is 20.7. The molecule has 1 saturated heterocycles. The van der Waals surface area contributed by atoms with Crippen molar-refractivity contribution in [1.82, 2.24) is 4.31 Å². The van der Waals surface area contributed by atoms with Crippen molar-refractivity contribution < 1.29 is 17.6 Å². The number of carbonyl (C=O) groups is 1. The Kier molecular flexibility index (Phi) is 6.13. The van der Waals surface area contributed by atoms with Gasteiger partial charge in [0.2, 0.25) is 15.9 Å². The average molecular weight is 453 g/mol. The highest BCUT2D eigenvalue weighted by Gasteiger charge is 2.40. The van der Waals surface area contributed by atoms with E-state index in [1.165, 1.54) is 10.4 Å². The predicted molar refractivity (Wildman–Crippen MR) is 123 cm³/mol. The molecule has 3 aromatic carbocycles. The Balaban J connectivity index is 1.59. The highest BCUT2D eigenvalue weighted by molar-refractivity contribution is 7.89. The van der Waals surface area contributed by atoms with E-state index in [1.807, 2.05) is 37.3 Å². The second-order valence-corrected chi connectivity index (χ2v) is 10.2. The van der Waals surface area contributed by atoms with Gasteiger partial charge in [0.15, 0.2) is 0 Å². The van der Waals surface area contributed by atoms with Crippen LogP contribution in [0.2, 0.25) is 0 Å². The van der Waals surface area contributed by atoms with Crippen LogP contribution >= 0.6 is 0 Å². The number of amides is 1. The Morgan fingerprint density at radius 2 is 1.66 bits per heavy atom. The van der Waals surface area contributed by atoms with Crippen LogP contribution in [0.5, 0.6) is 0 Å². The Morgan fingerprint density at radius 1 is 1.00 bits per heavy atom. The molecule has 0 aliphatic carbocycles. The molecule has 1 fully saturated rings. The maximum absolute atomic E-state index is 15.0. The van der Waals surface area contributed by atoms with Gasteiger partial charge in [-0.1, -0.05) is 54.6 Å². The van der Waals surface area contributed by atoms with Crippen molar-refractivity contribution in [3.8, 4) is 11.1 Å². The van der Waals surface area contributed by atoms with E-state index in [1.54, 1.807) is 36.4 Å². The van der Waals surface area contributed by atoms with Gasteiger partial charge in [0.05, 0.1) is 0 Å². The van der Waals surface area contributed by atoms with E-state index in [0.717, 1.165) is 11.1 Å². The van der Waals surface area contributed by atoms with Crippen LogP contribution in [0.1, 0.15) is 46.5 Å². The molecule has 3 aromatic rings. The Labute approximate surface area is 187 Å². The summed E-state index contributed by atoms with van der Waals surface area (Å²) in [5.41, 5.74) is 8.11. The summed E-state index contributed by atoms with van der Waals surface area (Å²) in [6, 6.07) is 20.3. The second-order valence-electron chi connectivity index (χ2n) is 8.16. The smallest absolute Gasteiger partial charge is 0.248 e. The van der Waals surface area contributed by atoms with E-state index >= 15 is 4.39 Å². The fraction of sp³-hybridized carbons (Fsp3) is 0.240. The van der Waals surface area contributed by atoms with E-state index in [0.29, 0.717) is 29.5 Å². The average Bonchev–Trinajstić information content (AvgIpc) is 2.78. The molecule has 0 aromatic heterocycles. The van der Waals surface area contributed by atoms with Gasteiger partial charge >= 0.3 is 0 Å². The number of primary amides is 1. The first-order valence-corrected chi connectivity index (χ1v) is 12.0. The fourth-order valence-corrected chi connectivity index (χ4v) is 6.39. The summed E-state index contributed by atoms with van der Waals surface area (Å²) in [5, 5.41) is -0.619. The van der Waals surface area contributed by atoms with Crippen LogP contribution in [0.15, 0.2) is 72.8 Å². The molecule has 0 spiro atoms. The quantitative estimate of drug-likeness (QED) is 0.612. The first kappa shape index (κ1) is 22.2. The Hall–Kier alpha value is -3.03. The third-order valence-electron chi connectivity index (χ3n) is 6.08. The SMILES string of the molecule is CC1CCC(c2ccccc2)S(=O)(=O)N1Cc1ccc(-c2ccc(C(N)=O)cc2)cc1F. The van der Waals surface area contributed by atoms with E-state index < -0.39 is 27.0 Å². The van der Waals surface area contributed by atoms with Crippen molar-refractivity contribution in [1.29, 1.82) is 0 Å². The van der Waals surface area contributed by atoms with E-state index in [4.69, 9.17) is 5.73 Å². The lowest BCUT2D eigenvalue weighted by atomic mass is 10.0. The van der Waals surface area contributed by atoms with Crippen molar-refractivity contribution >= 4 is 15.9 Å². The maximum Gasteiger partial charge on any atom is 0.248 e. The molecule has 2 unspecified atom stereocenters. The number of hydrogen-bond acceptors (Lipinski definition) is 3. The minimum Gasteiger partial charge on any atom is -0.366 e. The number of hydrogen-bond donors (Lipinski definition) is 1. The molecular formula is C25H25FN2O3S. The molecular weight excluding hydrogens is 427 g/mol. The van der Waals surface area contributed by atoms with Crippen LogP contribution in [-0.4, -0.2) is 24.7 Å². The van der Waals surface area contributed by atoms with Gasteiger partial charge in [-0.25, -0.2) is 12.8 Å². The molecule has 0 saturated carbocycles. The summed E-state index contributed by atoms with van der Waals surface area (Å²) in [6.07, 6.45) is 1.26. The van der Waals surface area contributed by atoms with Gasteiger partial charge in [-0.05, 0) is 54.7 Å². The second kappa shape index (κ2) is 8.84. The number of halogens is 1. The van der Waals surface area contributed by atoms with Crippen LogP contribution in [0.3, 0.4) is 0 Å². The maximum atomic E-state index is 15.0. The minimum atomic E-state index is -3.63. The van der Waals surface area contributed by atoms with Crippen LogP contribution < -0.4 is 5.73 Å². The van der Waals surface area contributed by atoms with Gasteiger partial charge in [0.25, 0.3) is 0 Å². The van der Waals surface area contributed by atoms with E-state index in [9.17, 15) is 13.2 Å². The van der Waals surface area contributed by atoms with Gasteiger partial charge in [-0.15, -0.1) is 0 Å². The zero-order valence-corrected chi connectivity index (χ0v) is 18.6. The zero-order valence-electron chi connectivity index (χ0n) is 17.7. The summed E-state index contributed by atoms with van der Waals surface area (Å²) in [7, 11) is -3.63. The zero-order chi connectivity index (χ0) is 22.9. The predicted octanol–water partition coefficient (Wildman–Crippen LogP) is 4.65. The lowest BCUT2D eigenvalue weighted by molar-refractivity contribution is 0.100. The number of nitrogens with zero attached hydrogens (tertiary/aromatic N) is 1. The molecule has 5 nitrogen and oxygen atoms in total. The summed E-state index contributed by atoms with van der Waals surface area (Å²) < 4.78 is 43.2. The van der Waals surface area contributed by atoms with Crippen molar-refractivity contribution in [2.75, 3.05) is 0 Å². The van der Waals surface area contributed by atoms with Gasteiger partial charge < -0.3 is 5.73 Å². The molecule has 1 heterocycles. The van der Waals surface area contributed by atoms with Gasteiger partial charge in [-0.2, -0.15) is 4.31 Å². The highest BCUT2D eigenvalue weighted by atomic mass is 32.2. The number of benzene rings is 3. The lowest BCUT2D eigenvalue weighted by Crippen LogP contribution is -2.44.